The number of ether oxygens (including phenoxy) is 3. The second-order valence-electron chi connectivity index (χ2n) is 4.16. The lowest BCUT2D eigenvalue weighted by Crippen LogP contribution is -2.32. The Morgan fingerprint density at radius 1 is 1.22 bits per heavy atom. The quantitative estimate of drug-likeness (QED) is 0.834. The van der Waals surface area contributed by atoms with Crippen molar-refractivity contribution in [3.8, 4) is 17.2 Å². The molecule has 0 bridgehead atoms. The first-order valence-electron chi connectivity index (χ1n) is 5.92. The molecule has 5 heteroatoms. The number of methoxy groups -OCH3 is 3. The van der Waals surface area contributed by atoms with Gasteiger partial charge in [0.1, 0.15) is 0 Å². The molecule has 0 amide bonds. The molecule has 1 aromatic rings. The van der Waals surface area contributed by atoms with Crippen LogP contribution in [0, 0.1) is 0 Å². The zero-order valence-corrected chi connectivity index (χ0v) is 10.9. The SMILES string of the molecule is COc1cc2c(c(OC)c1OC)C(CO)NCC2. The van der Waals surface area contributed by atoms with Crippen molar-refractivity contribution >= 4 is 0 Å². The molecule has 0 radical (unpaired) electrons. The standard InChI is InChI=1S/C13H19NO4/c1-16-10-6-8-4-5-14-9(7-15)11(8)13(18-3)12(10)17-2/h6,9,14-15H,4-5,7H2,1-3H3. The van der Waals surface area contributed by atoms with Crippen molar-refractivity contribution in [1.29, 1.82) is 0 Å². The maximum atomic E-state index is 9.46. The van der Waals surface area contributed by atoms with Gasteiger partial charge in [0.05, 0.1) is 34.0 Å². The minimum absolute atomic E-state index is 0.0266. The van der Waals surface area contributed by atoms with Crippen molar-refractivity contribution in [2.75, 3.05) is 34.5 Å². The largest absolute Gasteiger partial charge is 0.493 e. The molecule has 18 heavy (non-hydrogen) atoms. The molecule has 1 heterocycles. The number of hydrogen-bond donors (Lipinski definition) is 2. The molecule has 1 aliphatic heterocycles. The fourth-order valence-corrected chi connectivity index (χ4v) is 2.46. The van der Waals surface area contributed by atoms with Crippen LogP contribution in [0.4, 0.5) is 0 Å². The molecule has 0 fully saturated rings. The minimum Gasteiger partial charge on any atom is -0.493 e. The van der Waals surface area contributed by atoms with E-state index < -0.39 is 0 Å². The lowest BCUT2D eigenvalue weighted by molar-refractivity contribution is 0.234. The molecule has 1 unspecified atom stereocenters. The van der Waals surface area contributed by atoms with Gasteiger partial charge >= 0.3 is 0 Å². The van der Waals surface area contributed by atoms with Gasteiger partial charge in [0, 0.05) is 5.56 Å². The van der Waals surface area contributed by atoms with E-state index in [0.717, 1.165) is 24.1 Å². The highest BCUT2D eigenvalue weighted by atomic mass is 16.5. The van der Waals surface area contributed by atoms with Gasteiger partial charge in [-0.25, -0.2) is 0 Å². The van der Waals surface area contributed by atoms with Crippen molar-refractivity contribution in [3.63, 3.8) is 0 Å². The number of benzene rings is 1. The monoisotopic (exact) mass is 253 g/mol. The fraction of sp³-hybridized carbons (Fsp3) is 0.538. The molecule has 0 aromatic heterocycles. The topological polar surface area (TPSA) is 60.0 Å². The van der Waals surface area contributed by atoms with Gasteiger partial charge in [-0.1, -0.05) is 0 Å². The maximum absolute atomic E-state index is 9.46. The van der Waals surface area contributed by atoms with Crippen LogP contribution in [-0.4, -0.2) is 39.6 Å². The molecule has 2 N–H and O–H groups in total. The molecule has 1 aliphatic rings. The second-order valence-corrected chi connectivity index (χ2v) is 4.16. The smallest absolute Gasteiger partial charge is 0.203 e. The van der Waals surface area contributed by atoms with Crippen LogP contribution in [0.3, 0.4) is 0 Å². The Balaban J connectivity index is 2.63. The van der Waals surface area contributed by atoms with Crippen LogP contribution in [0.1, 0.15) is 17.2 Å². The predicted octanol–water partition coefficient (Wildman–Crippen LogP) is 0.891. The average molecular weight is 253 g/mol. The van der Waals surface area contributed by atoms with Crippen molar-refractivity contribution in [2.24, 2.45) is 0 Å². The molecule has 5 nitrogen and oxygen atoms in total. The van der Waals surface area contributed by atoms with Crippen molar-refractivity contribution in [1.82, 2.24) is 5.32 Å². The first-order valence-corrected chi connectivity index (χ1v) is 5.92. The van der Waals surface area contributed by atoms with Crippen LogP contribution in [0.15, 0.2) is 6.07 Å². The Morgan fingerprint density at radius 2 is 1.94 bits per heavy atom. The molecule has 100 valence electrons. The van der Waals surface area contributed by atoms with E-state index in [-0.39, 0.29) is 12.6 Å². The summed E-state index contributed by atoms with van der Waals surface area (Å²) in [5.74, 6) is 1.87. The summed E-state index contributed by atoms with van der Waals surface area (Å²) < 4.78 is 16.1. The minimum atomic E-state index is -0.122. The van der Waals surface area contributed by atoms with Crippen LogP contribution in [0.2, 0.25) is 0 Å². The molecular formula is C13H19NO4. The van der Waals surface area contributed by atoms with Crippen LogP contribution in [0.25, 0.3) is 0 Å². The van der Waals surface area contributed by atoms with E-state index >= 15 is 0 Å². The molecule has 1 aromatic carbocycles. The highest BCUT2D eigenvalue weighted by Crippen LogP contribution is 2.45. The van der Waals surface area contributed by atoms with E-state index in [2.05, 4.69) is 5.32 Å². The van der Waals surface area contributed by atoms with Crippen LogP contribution < -0.4 is 19.5 Å². The summed E-state index contributed by atoms with van der Waals surface area (Å²) in [6, 6.07) is 1.84. The van der Waals surface area contributed by atoms with Gasteiger partial charge in [0.2, 0.25) is 5.75 Å². The van der Waals surface area contributed by atoms with Gasteiger partial charge in [-0.05, 0) is 24.6 Å². The predicted molar refractivity (Wildman–Crippen MR) is 67.6 cm³/mol. The van der Waals surface area contributed by atoms with E-state index in [4.69, 9.17) is 14.2 Å². The number of aliphatic hydroxyl groups excluding tert-OH is 1. The molecule has 0 saturated heterocycles. The van der Waals surface area contributed by atoms with Crippen molar-refractivity contribution in [3.05, 3.63) is 17.2 Å². The number of aliphatic hydroxyl groups is 1. The summed E-state index contributed by atoms with van der Waals surface area (Å²) in [7, 11) is 4.78. The molecule has 1 atom stereocenters. The Bertz CT molecular complexity index is 433. The first-order chi connectivity index (χ1) is 8.76. The highest BCUT2D eigenvalue weighted by Gasteiger charge is 2.28. The number of fused-ring (bicyclic) bond motifs is 1. The maximum Gasteiger partial charge on any atom is 0.203 e. The molecule has 0 spiro atoms. The lowest BCUT2D eigenvalue weighted by Gasteiger charge is -2.29. The summed E-state index contributed by atoms with van der Waals surface area (Å²) >= 11 is 0. The molecule has 0 aliphatic carbocycles. The van der Waals surface area contributed by atoms with Crippen molar-refractivity contribution < 1.29 is 19.3 Å². The van der Waals surface area contributed by atoms with Gasteiger partial charge in [0.25, 0.3) is 0 Å². The first kappa shape index (κ1) is 13.0. The van der Waals surface area contributed by atoms with Crippen LogP contribution in [0.5, 0.6) is 17.2 Å². The Labute approximate surface area is 107 Å². The van der Waals surface area contributed by atoms with Gasteiger partial charge < -0.3 is 24.6 Å². The Hall–Kier alpha value is -1.46. The van der Waals surface area contributed by atoms with E-state index in [0.29, 0.717) is 17.2 Å². The third kappa shape index (κ3) is 2.00. The number of nitrogens with one attached hydrogen (secondary N) is 1. The Kier molecular flexibility index (Phi) is 3.93. The third-order valence-electron chi connectivity index (χ3n) is 3.27. The summed E-state index contributed by atoms with van der Waals surface area (Å²) in [6.45, 7) is 0.857. The average Bonchev–Trinajstić information content (AvgIpc) is 2.43. The Morgan fingerprint density at radius 3 is 2.50 bits per heavy atom. The van der Waals surface area contributed by atoms with E-state index in [9.17, 15) is 5.11 Å². The molecule has 0 saturated carbocycles. The van der Waals surface area contributed by atoms with Crippen molar-refractivity contribution in [2.45, 2.75) is 12.5 Å². The number of hydrogen-bond acceptors (Lipinski definition) is 5. The van der Waals surface area contributed by atoms with E-state index in [1.807, 2.05) is 6.07 Å². The van der Waals surface area contributed by atoms with Crippen LogP contribution in [-0.2, 0) is 6.42 Å². The van der Waals surface area contributed by atoms with Gasteiger partial charge in [-0.2, -0.15) is 0 Å². The second kappa shape index (κ2) is 5.46. The van der Waals surface area contributed by atoms with Gasteiger partial charge in [-0.15, -0.1) is 0 Å². The van der Waals surface area contributed by atoms with E-state index in [1.54, 1.807) is 21.3 Å². The molecular weight excluding hydrogens is 234 g/mol. The highest BCUT2D eigenvalue weighted by molar-refractivity contribution is 5.60. The zero-order chi connectivity index (χ0) is 13.1. The van der Waals surface area contributed by atoms with Crippen LogP contribution >= 0.6 is 0 Å². The molecule has 2 rings (SSSR count). The number of rotatable bonds is 4. The summed E-state index contributed by atoms with van der Waals surface area (Å²) in [4.78, 5) is 0. The third-order valence-corrected chi connectivity index (χ3v) is 3.27. The van der Waals surface area contributed by atoms with E-state index in [1.165, 1.54) is 0 Å². The normalized spacial score (nSPS) is 18.1. The fourth-order valence-electron chi connectivity index (χ4n) is 2.46. The van der Waals surface area contributed by atoms with Gasteiger partial charge in [-0.3, -0.25) is 0 Å². The summed E-state index contributed by atoms with van der Waals surface area (Å²) in [6.07, 6.45) is 0.878. The zero-order valence-electron chi connectivity index (χ0n) is 10.9. The lowest BCUT2D eigenvalue weighted by atomic mass is 9.92. The van der Waals surface area contributed by atoms with Gasteiger partial charge in [0.15, 0.2) is 11.5 Å². The summed E-state index contributed by atoms with van der Waals surface area (Å²) in [5, 5.41) is 12.7. The summed E-state index contributed by atoms with van der Waals surface area (Å²) in [5.41, 5.74) is 2.09.